The zero-order valence-electron chi connectivity index (χ0n) is 9.68. The summed E-state index contributed by atoms with van der Waals surface area (Å²) in [5.74, 6) is 0.158. The number of aliphatic hydroxyl groups excluding tert-OH is 1. The molecular formula is C12H18N2O2. The first-order valence-corrected chi connectivity index (χ1v) is 5.42. The van der Waals surface area contributed by atoms with E-state index in [9.17, 15) is 4.79 Å². The second kappa shape index (κ2) is 6.23. The Morgan fingerprint density at radius 3 is 2.56 bits per heavy atom. The minimum absolute atomic E-state index is 0.0280. The van der Waals surface area contributed by atoms with Crippen molar-refractivity contribution in [2.75, 3.05) is 6.61 Å². The van der Waals surface area contributed by atoms with Crippen LogP contribution in [0.3, 0.4) is 0 Å². The molecule has 88 valence electrons. The molecule has 4 heteroatoms. The third-order valence-corrected chi connectivity index (χ3v) is 2.46. The SMILES string of the molecule is CC(C)C(CO)NC(=O)Cc1ccncc1. The molecule has 1 amide bonds. The van der Waals surface area contributed by atoms with Gasteiger partial charge < -0.3 is 10.4 Å². The normalized spacial score (nSPS) is 12.5. The number of amides is 1. The second-order valence-electron chi connectivity index (χ2n) is 4.13. The van der Waals surface area contributed by atoms with E-state index < -0.39 is 0 Å². The zero-order chi connectivity index (χ0) is 12.0. The molecule has 2 N–H and O–H groups in total. The lowest BCUT2D eigenvalue weighted by Crippen LogP contribution is -2.41. The Bertz CT molecular complexity index is 325. The number of nitrogens with one attached hydrogen (secondary N) is 1. The zero-order valence-corrected chi connectivity index (χ0v) is 9.68. The number of aliphatic hydroxyl groups is 1. The molecule has 0 bridgehead atoms. The summed E-state index contributed by atoms with van der Waals surface area (Å²) in [7, 11) is 0. The highest BCUT2D eigenvalue weighted by molar-refractivity contribution is 5.78. The van der Waals surface area contributed by atoms with E-state index in [2.05, 4.69) is 10.3 Å². The van der Waals surface area contributed by atoms with E-state index >= 15 is 0 Å². The molecule has 1 atom stereocenters. The van der Waals surface area contributed by atoms with E-state index in [1.807, 2.05) is 26.0 Å². The number of carbonyl (C=O) groups excluding carboxylic acids is 1. The highest BCUT2D eigenvalue weighted by Gasteiger charge is 2.14. The lowest BCUT2D eigenvalue weighted by Gasteiger charge is -2.19. The van der Waals surface area contributed by atoms with E-state index in [-0.39, 0.29) is 24.5 Å². The maximum atomic E-state index is 11.6. The van der Waals surface area contributed by atoms with Gasteiger partial charge in [-0.1, -0.05) is 13.8 Å². The van der Waals surface area contributed by atoms with Gasteiger partial charge in [0, 0.05) is 12.4 Å². The van der Waals surface area contributed by atoms with Gasteiger partial charge in [0.2, 0.25) is 5.91 Å². The largest absolute Gasteiger partial charge is 0.394 e. The summed E-state index contributed by atoms with van der Waals surface area (Å²) in [6, 6.07) is 3.44. The molecule has 1 aromatic rings. The smallest absolute Gasteiger partial charge is 0.224 e. The molecule has 4 nitrogen and oxygen atoms in total. The van der Waals surface area contributed by atoms with Crippen molar-refractivity contribution >= 4 is 5.91 Å². The maximum Gasteiger partial charge on any atom is 0.224 e. The lowest BCUT2D eigenvalue weighted by molar-refractivity contribution is -0.121. The number of pyridine rings is 1. The molecule has 0 aromatic carbocycles. The summed E-state index contributed by atoms with van der Waals surface area (Å²) in [5, 5.41) is 11.9. The minimum Gasteiger partial charge on any atom is -0.394 e. The predicted molar refractivity (Wildman–Crippen MR) is 61.8 cm³/mol. The van der Waals surface area contributed by atoms with Gasteiger partial charge in [-0.15, -0.1) is 0 Å². The average Bonchev–Trinajstić information content (AvgIpc) is 2.27. The highest BCUT2D eigenvalue weighted by atomic mass is 16.3. The first-order valence-electron chi connectivity index (χ1n) is 5.42. The third-order valence-electron chi connectivity index (χ3n) is 2.46. The fourth-order valence-corrected chi connectivity index (χ4v) is 1.37. The van der Waals surface area contributed by atoms with Crippen LogP contribution in [-0.2, 0) is 11.2 Å². The summed E-state index contributed by atoms with van der Waals surface area (Å²) in [4.78, 5) is 15.5. The summed E-state index contributed by atoms with van der Waals surface area (Å²) in [6.07, 6.45) is 3.65. The van der Waals surface area contributed by atoms with Gasteiger partial charge in [-0.05, 0) is 23.6 Å². The monoisotopic (exact) mass is 222 g/mol. The number of hydrogen-bond acceptors (Lipinski definition) is 3. The molecule has 0 saturated heterocycles. The van der Waals surface area contributed by atoms with E-state index in [1.54, 1.807) is 12.4 Å². The molecule has 16 heavy (non-hydrogen) atoms. The predicted octanol–water partition coefficient (Wildman–Crippen LogP) is 0.757. The van der Waals surface area contributed by atoms with Crippen molar-refractivity contribution in [3.63, 3.8) is 0 Å². The van der Waals surface area contributed by atoms with Crippen molar-refractivity contribution in [1.82, 2.24) is 10.3 Å². The Kier molecular flexibility index (Phi) is 4.92. The van der Waals surface area contributed by atoms with Crippen LogP contribution in [-0.4, -0.2) is 28.6 Å². The van der Waals surface area contributed by atoms with Gasteiger partial charge in [0.1, 0.15) is 0 Å². The maximum absolute atomic E-state index is 11.6. The Balaban J connectivity index is 2.47. The first-order chi connectivity index (χ1) is 7.63. The van der Waals surface area contributed by atoms with Gasteiger partial charge in [0.25, 0.3) is 0 Å². The molecule has 1 aromatic heterocycles. The Morgan fingerprint density at radius 2 is 2.06 bits per heavy atom. The number of hydrogen-bond donors (Lipinski definition) is 2. The standard InChI is InChI=1S/C12H18N2O2/c1-9(2)11(8-15)14-12(16)7-10-3-5-13-6-4-10/h3-6,9,11,15H,7-8H2,1-2H3,(H,14,16). The molecule has 0 aliphatic carbocycles. The van der Waals surface area contributed by atoms with Crippen LogP contribution >= 0.6 is 0 Å². The first kappa shape index (κ1) is 12.6. The Labute approximate surface area is 95.7 Å². The van der Waals surface area contributed by atoms with Crippen LogP contribution in [0.25, 0.3) is 0 Å². The van der Waals surface area contributed by atoms with Gasteiger partial charge in [-0.25, -0.2) is 0 Å². The molecule has 0 aliphatic rings. The molecule has 1 unspecified atom stereocenters. The Hall–Kier alpha value is -1.42. The van der Waals surface area contributed by atoms with Crippen LogP contribution in [0, 0.1) is 5.92 Å². The van der Waals surface area contributed by atoms with Crippen molar-refractivity contribution in [1.29, 1.82) is 0 Å². The van der Waals surface area contributed by atoms with E-state index in [0.717, 1.165) is 5.56 Å². The molecule has 1 rings (SSSR count). The average molecular weight is 222 g/mol. The van der Waals surface area contributed by atoms with Crippen LogP contribution < -0.4 is 5.32 Å². The van der Waals surface area contributed by atoms with Crippen molar-refractivity contribution in [2.24, 2.45) is 5.92 Å². The molecule has 0 fully saturated rings. The van der Waals surface area contributed by atoms with Crippen molar-refractivity contribution in [3.05, 3.63) is 30.1 Å². The van der Waals surface area contributed by atoms with Crippen LogP contribution in [0.2, 0.25) is 0 Å². The highest BCUT2D eigenvalue weighted by Crippen LogP contribution is 2.02. The van der Waals surface area contributed by atoms with Crippen molar-refractivity contribution in [2.45, 2.75) is 26.3 Å². The number of rotatable bonds is 5. The third kappa shape index (κ3) is 3.98. The summed E-state index contributed by atoms with van der Waals surface area (Å²) < 4.78 is 0. The molecular weight excluding hydrogens is 204 g/mol. The van der Waals surface area contributed by atoms with E-state index in [1.165, 1.54) is 0 Å². The van der Waals surface area contributed by atoms with Gasteiger partial charge in [-0.2, -0.15) is 0 Å². The van der Waals surface area contributed by atoms with Crippen molar-refractivity contribution < 1.29 is 9.90 Å². The van der Waals surface area contributed by atoms with Gasteiger partial charge >= 0.3 is 0 Å². The van der Waals surface area contributed by atoms with Crippen LogP contribution in [0.4, 0.5) is 0 Å². The van der Waals surface area contributed by atoms with Gasteiger partial charge in [-0.3, -0.25) is 9.78 Å². The van der Waals surface area contributed by atoms with Crippen molar-refractivity contribution in [3.8, 4) is 0 Å². The van der Waals surface area contributed by atoms with Crippen LogP contribution in [0.1, 0.15) is 19.4 Å². The molecule has 0 saturated carbocycles. The second-order valence-corrected chi connectivity index (χ2v) is 4.13. The number of aromatic nitrogens is 1. The van der Waals surface area contributed by atoms with Gasteiger partial charge in [0.05, 0.1) is 19.1 Å². The van der Waals surface area contributed by atoms with E-state index in [0.29, 0.717) is 6.42 Å². The summed E-state index contributed by atoms with van der Waals surface area (Å²) in [5.41, 5.74) is 0.924. The molecule has 0 radical (unpaired) electrons. The Morgan fingerprint density at radius 1 is 1.44 bits per heavy atom. The number of nitrogens with zero attached hydrogens (tertiary/aromatic N) is 1. The number of carbonyl (C=O) groups is 1. The molecule has 1 heterocycles. The molecule has 0 aliphatic heterocycles. The summed E-state index contributed by atoms with van der Waals surface area (Å²) >= 11 is 0. The van der Waals surface area contributed by atoms with Crippen LogP contribution in [0.15, 0.2) is 24.5 Å². The quantitative estimate of drug-likeness (QED) is 0.773. The topological polar surface area (TPSA) is 62.2 Å². The summed E-state index contributed by atoms with van der Waals surface area (Å²) in [6.45, 7) is 3.90. The lowest BCUT2D eigenvalue weighted by atomic mass is 10.0. The molecule has 0 spiro atoms. The fraction of sp³-hybridized carbons (Fsp3) is 0.500. The fourth-order valence-electron chi connectivity index (χ4n) is 1.37. The van der Waals surface area contributed by atoms with Gasteiger partial charge in [0.15, 0.2) is 0 Å². The van der Waals surface area contributed by atoms with E-state index in [4.69, 9.17) is 5.11 Å². The minimum atomic E-state index is -0.172. The van der Waals surface area contributed by atoms with Crippen LogP contribution in [0.5, 0.6) is 0 Å².